The molecule has 0 aliphatic carbocycles. The van der Waals surface area contributed by atoms with Crippen molar-refractivity contribution < 1.29 is 23.8 Å². The first kappa shape index (κ1) is 49.3. The van der Waals surface area contributed by atoms with E-state index in [0.717, 1.165) is 22.8 Å². The van der Waals surface area contributed by atoms with Gasteiger partial charge >= 0.3 is 0 Å². The molecule has 5 N–H and O–H groups in total. The van der Waals surface area contributed by atoms with Gasteiger partial charge in [0.15, 0.2) is 6.29 Å². The number of aromatic hydroxyl groups is 2. The summed E-state index contributed by atoms with van der Waals surface area (Å²) in [5.41, 5.74) is 9.38. The van der Waals surface area contributed by atoms with Crippen LogP contribution in [0.3, 0.4) is 0 Å². The van der Waals surface area contributed by atoms with E-state index >= 15 is 0 Å². The van der Waals surface area contributed by atoms with E-state index in [2.05, 4.69) is 25.3 Å². The Bertz CT molecular complexity index is 2690. The second kappa shape index (κ2) is 23.0. The molecule has 0 amide bonds. The first-order valence-corrected chi connectivity index (χ1v) is 19.0. The molecule has 0 saturated carbocycles. The van der Waals surface area contributed by atoms with E-state index in [1.54, 1.807) is 60.9 Å². The van der Waals surface area contributed by atoms with Crippen molar-refractivity contribution in [3.8, 4) is 11.5 Å². The third-order valence-corrected chi connectivity index (χ3v) is 9.60. The summed E-state index contributed by atoms with van der Waals surface area (Å²) in [5.74, 6) is 0.409. The summed E-state index contributed by atoms with van der Waals surface area (Å²) in [6.45, 7) is 3.79. The maximum atomic E-state index is 13.6. The lowest BCUT2D eigenvalue weighted by molar-refractivity contribution is 0.112. The van der Waals surface area contributed by atoms with Crippen molar-refractivity contribution in [3.63, 3.8) is 0 Å². The van der Waals surface area contributed by atoms with Crippen molar-refractivity contribution >= 4 is 86.1 Å². The summed E-state index contributed by atoms with van der Waals surface area (Å²) in [6, 6.07) is 30.2. The Morgan fingerprint density at radius 1 is 0.639 bits per heavy atom. The number of benzene rings is 4. The average Bonchev–Trinajstić information content (AvgIpc) is 3.21. The van der Waals surface area contributed by atoms with E-state index in [1.807, 2.05) is 44.2 Å². The molecule has 0 bridgehead atoms. The van der Waals surface area contributed by atoms with Crippen LogP contribution < -0.4 is 11.1 Å². The van der Waals surface area contributed by atoms with E-state index < -0.39 is 17.7 Å². The van der Waals surface area contributed by atoms with Crippen molar-refractivity contribution in [3.05, 3.63) is 187 Å². The number of aromatic nitrogens is 4. The normalized spacial score (nSPS) is 10.6. The van der Waals surface area contributed by atoms with Crippen LogP contribution in [0.5, 0.6) is 11.5 Å². The van der Waals surface area contributed by atoms with Gasteiger partial charge in [0.1, 0.15) is 45.8 Å². The minimum Gasteiger partial charge on any atom is -0.506 e. The van der Waals surface area contributed by atoms with Crippen molar-refractivity contribution in [2.24, 2.45) is 0 Å². The number of nitrogen functional groups attached to an aromatic ring is 1. The van der Waals surface area contributed by atoms with Crippen LogP contribution in [0.2, 0.25) is 20.1 Å². The second-order valence-electron chi connectivity index (χ2n) is 12.6. The number of pyridine rings is 4. The molecule has 4 aromatic carbocycles. The minimum atomic E-state index is -0.638. The highest BCUT2D eigenvalue weighted by atomic mass is 35.5. The Morgan fingerprint density at radius 2 is 1.23 bits per heavy atom. The molecule has 9 nitrogen and oxygen atoms in total. The van der Waals surface area contributed by atoms with Gasteiger partial charge in [-0.3, -0.25) is 14.8 Å². The van der Waals surface area contributed by atoms with Gasteiger partial charge in [-0.05, 0) is 116 Å². The van der Waals surface area contributed by atoms with Crippen molar-refractivity contribution in [2.45, 2.75) is 34.7 Å². The van der Waals surface area contributed by atoms with Crippen molar-refractivity contribution in [2.75, 3.05) is 11.1 Å². The molecule has 0 aliphatic rings. The van der Waals surface area contributed by atoms with E-state index in [9.17, 15) is 23.8 Å². The first-order chi connectivity index (χ1) is 28.2. The summed E-state index contributed by atoms with van der Waals surface area (Å²) in [6.07, 6.45) is 3.79. The zero-order valence-corrected chi connectivity index (χ0v) is 34.2. The van der Waals surface area contributed by atoms with E-state index in [0.29, 0.717) is 61.1 Å². The molecular formula is C46H42Cl4F2N6O3. The predicted molar refractivity (Wildman–Crippen MR) is 246 cm³/mol. The van der Waals surface area contributed by atoms with E-state index in [1.165, 1.54) is 30.3 Å². The monoisotopic (exact) mass is 904 g/mol. The van der Waals surface area contributed by atoms with Gasteiger partial charge in [-0.1, -0.05) is 79.5 Å². The smallest absolute Gasteiger partial charge is 0.151 e. The quantitative estimate of drug-likeness (QED) is 0.124. The topological polar surface area (TPSA) is 147 Å². The molecule has 15 heteroatoms. The van der Waals surface area contributed by atoms with Crippen molar-refractivity contribution in [1.29, 1.82) is 0 Å². The molecule has 1 atom stereocenters. The van der Waals surface area contributed by atoms with E-state index in [4.69, 9.17) is 52.1 Å². The molecule has 0 radical (unpaired) electrons. The number of nitrogens with zero attached hydrogens (tertiary/aromatic N) is 4. The summed E-state index contributed by atoms with van der Waals surface area (Å²) in [7, 11) is 0. The Balaban J connectivity index is 0.000000254. The first-order valence-electron chi connectivity index (χ1n) is 17.5. The van der Waals surface area contributed by atoms with Crippen LogP contribution in [0.15, 0.2) is 128 Å². The summed E-state index contributed by atoms with van der Waals surface area (Å²) >= 11 is 24.2. The third-order valence-electron chi connectivity index (χ3n) is 8.30. The van der Waals surface area contributed by atoms with Crippen molar-refractivity contribution in [1.82, 2.24) is 19.9 Å². The van der Waals surface area contributed by atoms with Gasteiger partial charge in [0, 0.05) is 50.7 Å². The van der Waals surface area contributed by atoms with E-state index in [-0.39, 0.29) is 36.4 Å². The number of aryl methyl sites for hydroxylation is 2. The van der Waals surface area contributed by atoms with Gasteiger partial charge in [-0.2, -0.15) is 0 Å². The molecule has 8 rings (SSSR count). The molecule has 0 fully saturated rings. The minimum absolute atomic E-state index is 0. The third kappa shape index (κ3) is 13.2. The standard InChI is InChI=1S/C22H16Cl2FN3O.C9H6ClNO.C7H4ClFO.C6H8N2.2CH4/c1-12-4-2-6-19(27-12)28-20(15-8-7-13(25)10-17(15)23)16-11-18(24)14-5-3-9-26-21(14)22(16)29;10-7-3-4-8(12)9-6(7)2-1-5-11-9;8-7-3-6(9)2-1-5(7)4-10;1-5-3-2-4-6(7)8-5;;/h2-11,20,29H,1H3,(H,27,28);1-5,12H;1-4H;2-4H,1H3,(H2,7,8);2*1H4. The fraction of sp³-hybridized carbons (Fsp3) is 0.109. The molecule has 0 spiro atoms. The lowest BCUT2D eigenvalue weighted by Crippen LogP contribution is -2.15. The number of aldehydes is 1. The van der Waals surface area contributed by atoms with Gasteiger partial charge < -0.3 is 21.3 Å². The molecular weight excluding hydrogens is 864 g/mol. The molecule has 0 aliphatic heterocycles. The number of nitrogens with two attached hydrogens (primary N) is 1. The summed E-state index contributed by atoms with van der Waals surface area (Å²) in [4.78, 5) is 26.8. The number of nitrogens with one attached hydrogen (secondary N) is 1. The Labute approximate surface area is 372 Å². The number of carbonyl (C=O) groups is 1. The second-order valence-corrected chi connectivity index (χ2v) is 14.2. The molecule has 4 aromatic heterocycles. The largest absolute Gasteiger partial charge is 0.506 e. The SMILES string of the molecule is C.C.Cc1cccc(N)n1.Cc1cccc(NC(c2ccc(F)cc2Cl)c2cc(Cl)c3cccnc3c2O)n1.O=Cc1ccc(F)cc1Cl.Oc1ccc(Cl)c2cccnc12. The summed E-state index contributed by atoms with van der Waals surface area (Å²) in [5, 5.41) is 26.5. The van der Waals surface area contributed by atoms with Crippen LogP contribution in [-0.4, -0.2) is 36.4 Å². The van der Waals surface area contributed by atoms with Crippen LogP contribution in [0, 0.1) is 25.5 Å². The molecule has 8 aromatic rings. The van der Waals surface area contributed by atoms with Crippen LogP contribution >= 0.6 is 46.4 Å². The number of carbonyl (C=O) groups excluding carboxylic acids is 1. The number of rotatable bonds is 5. The zero-order valence-electron chi connectivity index (χ0n) is 31.2. The lowest BCUT2D eigenvalue weighted by Gasteiger charge is -2.23. The molecule has 1 unspecified atom stereocenters. The number of phenolic OH excluding ortho intramolecular Hbond substituents is 2. The Hall–Kier alpha value is -6.11. The van der Waals surface area contributed by atoms with Gasteiger partial charge in [0.25, 0.3) is 0 Å². The fourth-order valence-corrected chi connectivity index (χ4v) is 6.51. The van der Waals surface area contributed by atoms with Gasteiger partial charge in [0.05, 0.1) is 21.1 Å². The van der Waals surface area contributed by atoms with Crippen LogP contribution in [0.1, 0.15) is 53.8 Å². The number of halogens is 6. The number of fused-ring (bicyclic) bond motifs is 2. The molecule has 316 valence electrons. The molecule has 61 heavy (non-hydrogen) atoms. The van der Waals surface area contributed by atoms with Crippen LogP contribution in [0.25, 0.3) is 21.8 Å². The summed E-state index contributed by atoms with van der Waals surface area (Å²) < 4.78 is 25.9. The number of hydrogen-bond donors (Lipinski definition) is 4. The zero-order chi connectivity index (χ0) is 42.6. The van der Waals surface area contributed by atoms with Gasteiger partial charge in [-0.15, -0.1) is 0 Å². The van der Waals surface area contributed by atoms with Gasteiger partial charge in [0.2, 0.25) is 0 Å². The fourth-order valence-electron chi connectivity index (χ4n) is 5.54. The van der Waals surface area contributed by atoms with Crippen LogP contribution in [0.4, 0.5) is 20.4 Å². The maximum Gasteiger partial charge on any atom is 0.151 e. The number of anilines is 2. The highest BCUT2D eigenvalue weighted by Crippen LogP contribution is 2.41. The maximum absolute atomic E-state index is 13.6. The number of phenols is 2. The highest BCUT2D eigenvalue weighted by molar-refractivity contribution is 6.36. The van der Waals surface area contributed by atoms with Crippen LogP contribution in [-0.2, 0) is 0 Å². The number of hydrogen-bond acceptors (Lipinski definition) is 9. The Morgan fingerprint density at radius 3 is 1.79 bits per heavy atom. The highest BCUT2D eigenvalue weighted by Gasteiger charge is 2.24. The predicted octanol–water partition coefficient (Wildman–Crippen LogP) is 13.4. The molecule has 4 heterocycles. The molecule has 0 saturated heterocycles. The Kier molecular flexibility index (Phi) is 18.6. The lowest BCUT2D eigenvalue weighted by atomic mass is 9.96. The van der Waals surface area contributed by atoms with Gasteiger partial charge in [-0.25, -0.2) is 18.7 Å². The average molecular weight is 907 g/mol.